The Kier molecular flexibility index (Phi) is 4.54. The van der Waals surface area contributed by atoms with Crippen LogP contribution in [-0.2, 0) is 0 Å². The van der Waals surface area contributed by atoms with Gasteiger partial charge in [-0.05, 0) is 17.5 Å². The minimum Gasteiger partial charge on any atom is -0.496 e. The van der Waals surface area contributed by atoms with Crippen LogP contribution in [0.5, 0.6) is 5.75 Å². The second kappa shape index (κ2) is 7.14. The maximum absolute atomic E-state index is 13.4. The number of aromatic nitrogens is 1. The van der Waals surface area contributed by atoms with Crippen LogP contribution in [0.25, 0.3) is 10.8 Å². The Morgan fingerprint density at radius 1 is 1.15 bits per heavy atom. The number of hydrogen-bond acceptors (Lipinski definition) is 4. The van der Waals surface area contributed by atoms with Gasteiger partial charge >= 0.3 is 0 Å². The number of piperazine rings is 1. The quantitative estimate of drug-likeness (QED) is 0.791. The average molecular weight is 347 g/mol. The molecular formula is C21H21N3O2. The van der Waals surface area contributed by atoms with Crippen molar-refractivity contribution in [1.29, 1.82) is 0 Å². The molecule has 1 unspecified atom stereocenters. The highest BCUT2D eigenvalue weighted by atomic mass is 16.5. The number of rotatable bonds is 3. The maximum atomic E-state index is 13.4. The van der Waals surface area contributed by atoms with Crippen molar-refractivity contribution in [2.45, 2.75) is 6.04 Å². The molecule has 0 saturated carbocycles. The van der Waals surface area contributed by atoms with Crippen molar-refractivity contribution in [3.05, 3.63) is 72.1 Å². The molecule has 0 bridgehead atoms. The molecule has 26 heavy (non-hydrogen) atoms. The van der Waals surface area contributed by atoms with E-state index in [1.54, 1.807) is 13.3 Å². The Balaban J connectivity index is 1.75. The number of pyridine rings is 1. The molecule has 1 aliphatic heterocycles. The average Bonchev–Trinajstić information content (AvgIpc) is 2.73. The lowest BCUT2D eigenvalue weighted by atomic mass is 10.0. The summed E-state index contributed by atoms with van der Waals surface area (Å²) in [7, 11) is 1.66. The highest BCUT2D eigenvalue weighted by Crippen LogP contribution is 2.31. The van der Waals surface area contributed by atoms with Gasteiger partial charge < -0.3 is 15.0 Å². The number of carbonyl (C=O) groups excluding carboxylic acids is 1. The van der Waals surface area contributed by atoms with Crippen LogP contribution in [-0.4, -0.2) is 42.5 Å². The first kappa shape index (κ1) is 16.5. The van der Waals surface area contributed by atoms with Gasteiger partial charge in [0.05, 0.1) is 13.2 Å². The number of fused-ring (bicyclic) bond motifs is 1. The summed E-state index contributed by atoms with van der Waals surface area (Å²) in [6.07, 6.45) is 1.70. The fourth-order valence-corrected chi connectivity index (χ4v) is 3.59. The van der Waals surface area contributed by atoms with Crippen molar-refractivity contribution in [3.63, 3.8) is 0 Å². The molecule has 5 nitrogen and oxygen atoms in total. The first-order chi connectivity index (χ1) is 12.8. The molecule has 0 radical (unpaired) electrons. The van der Waals surface area contributed by atoms with Crippen LogP contribution in [0.3, 0.4) is 0 Å². The van der Waals surface area contributed by atoms with Crippen LogP contribution >= 0.6 is 0 Å². The molecule has 1 aliphatic rings. The molecule has 2 aromatic carbocycles. The van der Waals surface area contributed by atoms with E-state index in [9.17, 15) is 4.79 Å². The summed E-state index contributed by atoms with van der Waals surface area (Å²) in [6, 6.07) is 17.6. The molecule has 3 aromatic rings. The lowest BCUT2D eigenvalue weighted by molar-refractivity contribution is 0.0628. The summed E-state index contributed by atoms with van der Waals surface area (Å²) < 4.78 is 5.52. The number of ether oxygens (including phenoxy) is 1. The van der Waals surface area contributed by atoms with E-state index in [-0.39, 0.29) is 11.9 Å². The molecule has 4 rings (SSSR count). The molecular weight excluding hydrogens is 326 g/mol. The Morgan fingerprint density at radius 3 is 2.85 bits per heavy atom. The third-order valence-electron chi connectivity index (χ3n) is 4.88. The molecule has 2 heterocycles. The summed E-state index contributed by atoms with van der Waals surface area (Å²) in [6.45, 7) is 2.09. The van der Waals surface area contributed by atoms with Crippen molar-refractivity contribution < 1.29 is 9.53 Å². The van der Waals surface area contributed by atoms with Crippen LogP contribution < -0.4 is 10.1 Å². The Hall–Kier alpha value is -2.92. The molecule has 1 saturated heterocycles. The van der Waals surface area contributed by atoms with E-state index in [1.807, 2.05) is 59.5 Å². The predicted molar refractivity (Wildman–Crippen MR) is 101 cm³/mol. The number of hydrogen-bond donors (Lipinski definition) is 1. The van der Waals surface area contributed by atoms with Crippen LogP contribution in [0.2, 0.25) is 0 Å². The smallest absolute Gasteiger partial charge is 0.273 e. The largest absolute Gasteiger partial charge is 0.496 e. The summed E-state index contributed by atoms with van der Waals surface area (Å²) in [5, 5.41) is 5.30. The van der Waals surface area contributed by atoms with Crippen molar-refractivity contribution in [1.82, 2.24) is 15.2 Å². The number of amides is 1. The second-order valence-corrected chi connectivity index (χ2v) is 6.34. The molecule has 0 aliphatic carbocycles. The van der Waals surface area contributed by atoms with Crippen molar-refractivity contribution in [2.75, 3.05) is 26.7 Å². The Morgan fingerprint density at radius 2 is 1.96 bits per heavy atom. The van der Waals surface area contributed by atoms with E-state index in [0.29, 0.717) is 18.8 Å². The summed E-state index contributed by atoms with van der Waals surface area (Å²) in [4.78, 5) is 19.7. The van der Waals surface area contributed by atoms with Crippen molar-refractivity contribution >= 4 is 16.7 Å². The standard InChI is InChI=1S/C21H21N3O2/c1-26-19-9-5-4-8-17(19)18-14-22-12-13-24(18)21(25)20-16-7-3-2-6-15(16)10-11-23-20/h2-11,18,22H,12-14H2,1H3. The van der Waals surface area contributed by atoms with Crippen LogP contribution in [0.15, 0.2) is 60.8 Å². The van der Waals surface area contributed by atoms with Gasteiger partial charge in [0.1, 0.15) is 11.4 Å². The third-order valence-corrected chi connectivity index (χ3v) is 4.88. The third kappa shape index (κ3) is 2.91. The second-order valence-electron chi connectivity index (χ2n) is 6.34. The highest BCUT2D eigenvalue weighted by Gasteiger charge is 2.31. The molecule has 5 heteroatoms. The Labute approximate surface area is 152 Å². The lowest BCUT2D eigenvalue weighted by Crippen LogP contribution is -2.49. The summed E-state index contributed by atoms with van der Waals surface area (Å²) in [5.41, 5.74) is 1.51. The van der Waals surface area contributed by atoms with Gasteiger partial charge in [0.25, 0.3) is 5.91 Å². The number of methoxy groups -OCH3 is 1. The number of benzene rings is 2. The van der Waals surface area contributed by atoms with Gasteiger partial charge in [0, 0.05) is 36.8 Å². The first-order valence-electron chi connectivity index (χ1n) is 8.78. The van der Waals surface area contributed by atoms with Gasteiger partial charge in [-0.25, -0.2) is 0 Å². The summed E-state index contributed by atoms with van der Waals surface area (Å²) >= 11 is 0. The van der Waals surface area contributed by atoms with Crippen LogP contribution in [0.4, 0.5) is 0 Å². The number of nitrogens with one attached hydrogen (secondary N) is 1. The minimum absolute atomic E-state index is 0.0424. The number of carbonyl (C=O) groups is 1. The van der Waals surface area contributed by atoms with E-state index in [2.05, 4.69) is 10.3 Å². The zero-order chi connectivity index (χ0) is 17.9. The first-order valence-corrected chi connectivity index (χ1v) is 8.78. The number of nitrogens with zero attached hydrogens (tertiary/aromatic N) is 2. The normalized spacial score (nSPS) is 17.3. The Bertz CT molecular complexity index is 936. The topological polar surface area (TPSA) is 54.5 Å². The van der Waals surface area contributed by atoms with Gasteiger partial charge in [0.15, 0.2) is 0 Å². The van der Waals surface area contributed by atoms with Gasteiger partial charge in [0.2, 0.25) is 0 Å². The van der Waals surface area contributed by atoms with E-state index < -0.39 is 0 Å². The fraction of sp³-hybridized carbons (Fsp3) is 0.238. The zero-order valence-electron chi connectivity index (χ0n) is 14.7. The molecule has 132 valence electrons. The molecule has 1 N–H and O–H groups in total. The monoisotopic (exact) mass is 347 g/mol. The zero-order valence-corrected chi connectivity index (χ0v) is 14.7. The molecule has 0 spiro atoms. The van der Waals surface area contributed by atoms with Gasteiger partial charge in [-0.15, -0.1) is 0 Å². The van der Waals surface area contributed by atoms with E-state index >= 15 is 0 Å². The van der Waals surface area contributed by atoms with Crippen LogP contribution in [0, 0.1) is 0 Å². The molecule has 1 atom stereocenters. The molecule has 1 fully saturated rings. The van der Waals surface area contributed by atoms with Crippen molar-refractivity contribution in [2.24, 2.45) is 0 Å². The SMILES string of the molecule is COc1ccccc1C1CNCCN1C(=O)c1nccc2ccccc12. The fourth-order valence-electron chi connectivity index (χ4n) is 3.59. The predicted octanol–water partition coefficient (Wildman–Crippen LogP) is 3.03. The van der Waals surface area contributed by atoms with E-state index in [4.69, 9.17) is 4.74 Å². The molecule has 1 aromatic heterocycles. The highest BCUT2D eigenvalue weighted by molar-refractivity contribution is 6.05. The van der Waals surface area contributed by atoms with Crippen LogP contribution in [0.1, 0.15) is 22.1 Å². The van der Waals surface area contributed by atoms with Gasteiger partial charge in [-0.1, -0.05) is 42.5 Å². The van der Waals surface area contributed by atoms with Gasteiger partial charge in [-0.3, -0.25) is 9.78 Å². The lowest BCUT2D eigenvalue weighted by Gasteiger charge is -2.37. The summed E-state index contributed by atoms with van der Waals surface area (Å²) in [5.74, 6) is 0.754. The molecule has 1 amide bonds. The minimum atomic E-state index is -0.0897. The van der Waals surface area contributed by atoms with E-state index in [0.717, 1.165) is 28.6 Å². The number of para-hydroxylation sites is 1. The van der Waals surface area contributed by atoms with E-state index in [1.165, 1.54) is 0 Å². The van der Waals surface area contributed by atoms with Crippen molar-refractivity contribution in [3.8, 4) is 5.75 Å². The maximum Gasteiger partial charge on any atom is 0.273 e. The van der Waals surface area contributed by atoms with Gasteiger partial charge in [-0.2, -0.15) is 0 Å².